The van der Waals surface area contributed by atoms with E-state index in [9.17, 15) is 10.1 Å². The van der Waals surface area contributed by atoms with Gasteiger partial charge in [0.1, 0.15) is 12.5 Å². The summed E-state index contributed by atoms with van der Waals surface area (Å²) in [6.07, 6.45) is 2.52. The van der Waals surface area contributed by atoms with Crippen LogP contribution in [0, 0.1) is 10.1 Å². The molecule has 0 amide bonds. The summed E-state index contributed by atoms with van der Waals surface area (Å²) >= 11 is 0. The van der Waals surface area contributed by atoms with Crippen molar-refractivity contribution in [2.45, 2.75) is 13.5 Å². The third kappa shape index (κ3) is 1.47. The second-order valence-corrected chi connectivity index (χ2v) is 3.02. The Bertz CT molecular complexity index is 453. The van der Waals surface area contributed by atoms with Crippen LogP contribution in [0.1, 0.15) is 12.7 Å². The summed E-state index contributed by atoms with van der Waals surface area (Å²) in [4.78, 5) is 18.9. The maximum absolute atomic E-state index is 10.7. The summed E-state index contributed by atoms with van der Waals surface area (Å²) in [5.41, 5.74) is 2.78. The van der Waals surface area contributed by atoms with E-state index in [1.807, 2.05) is 0 Å². The average molecular weight is 226 g/mol. The summed E-state index contributed by atoms with van der Waals surface area (Å²) in [6, 6.07) is 0. The van der Waals surface area contributed by atoms with Gasteiger partial charge in [-0.05, 0) is 11.8 Å². The van der Waals surface area contributed by atoms with Gasteiger partial charge in [-0.15, -0.1) is 0 Å². The maximum atomic E-state index is 10.7. The molecule has 0 saturated heterocycles. The number of rotatable bonds is 3. The number of nitrogens with two attached hydrogens (primary N) is 1. The highest BCUT2D eigenvalue weighted by molar-refractivity contribution is 5.58. The number of nitrogens with zero attached hydrogens (tertiary/aromatic N) is 4. The molecule has 1 aliphatic heterocycles. The Hall–Kier alpha value is -2.13. The predicted molar refractivity (Wildman–Crippen MR) is 52.8 cm³/mol. The number of hydrogen-bond donors (Lipinski definition) is 2. The van der Waals surface area contributed by atoms with Crippen molar-refractivity contribution in [1.29, 1.82) is 0 Å². The number of imidazole rings is 1. The number of hydrogen-bond acceptors (Lipinski definition) is 7. The van der Waals surface area contributed by atoms with Gasteiger partial charge < -0.3 is 15.0 Å². The van der Waals surface area contributed by atoms with Crippen LogP contribution in [-0.2, 0) is 11.4 Å². The van der Waals surface area contributed by atoms with Crippen LogP contribution in [0.2, 0.25) is 0 Å². The van der Waals surface area contributed by atoms with Gasteiger partial charge in [0.15, 0.2) is 5.70 Å². The minimum atomic E-state index is -0.495. The highest BCUT2D eigenvalue weighted by Crippen LogP contribution is 2.22. The minimum absolute atomic E-state index is 0.0845. The molecule has 2 rings (SSSR count). The fourth-order valence-electron chi connectivity index (χ4n) is 1.43. The topological polar surface area (TPSA) is 111 Å². The lowest BCUT2D eigenvalue weighted by atomic mass is 10.4. The summed E-state index contributed by atoms with van der Waals surface area (Å²) in [6.45, 7) is 2.19. The second-order valence-electron chi connectivity index (χ2n) is 3.02. The molecule has 3 N–H and O–H groups in total. The van der Waals surface area contributed by atoms with Gasteiger partial charge in [0, 0.05) is 0 Å². The first-order valence-corrected chi connectivity index (χ1v) is 4.51. The molecule has 0 spiro atoms. The third-order valence-corrected chi connectivity index (χ3v) is 2.15. The Morgan fingerprint density at radius 1 is 1.75 bits per heavy atom. The van der Waals surface area contributed by atoms with E-state index in [2.05, 4.69) is 10.6 Å². The van der Waals surface area contributed by atoms with Crippen molar-refractivity contribution in [2.75, 3.05) is 0 Å². The smallest absolute Gasteiger partial charge is 0.343 e. The summed E-state index contributed by atoms with van der Waals surface area (Å²) in [5.74, 6) is 5.82. The molecule has 9 heteroatoms. The molecule has 0 atom stereocenters. The van der Waals surface area contributed by atoms with Gasteiger partial charge in [-0.3, -0.25) is 0 Å². The van der Waals surface area contributed by atoms with Crippen LogP contribution in [0.5, 0.6) is 0 Å². The molecule has 0 aromatic carbocycles. The molecule has 0 unspecified atom stereocenters. The van der Waals surface area contributed by atoms with Crippen LogP contribution in [-0.4, -0.2) is 19.6 Å². The Labute approximate surface area is 90.1 Å². The molecular weight excluding hydrogens is 216 g/mol. The normalized spacial score (nSPS) is 14.9. The first-order chi connectivity index (χ1) is 7.65. The Morgan fingerprint density at radius 3 is 3.00 bits per heavy atom. The van der Waals surface area contributed by atoms with Crippen LogP contribution in [0.3, 0.4) is 0 Å². The second kappa shape index (κ2) is 3.79. The van der Waals surface area contributed by atoms with Crippen molar-refractivity contribution in [2.24, 2.45) is 5.84 Å². The lowest BCUT2D eigenvalue weighted by Crippen LogP contribution is -2.37. The molecular formula is C7H10N6O3. The van der Waals surface area contributed by atoms with Crippen molar-refractivity contribution in [3.8, 4) is 0 Å². The maximum Gasteiger partial charge on any atom is 0.343 e. The fourth-order valence-corrected chi connectivity index (χ4v) is 1.43. The quantitative estimate of drug-likeness (QED) is 0.414. The van der Waals surface area contributed by atoms with Gasteiger partial charge >= 0.3 is 5.82 Å². The van der Waals surface area contributed by atoms with Crippen molar-refractivity contribution in [3.05, 3.63) is 28.4 Å². The Kier molecular flexibility index (Phi) is 2.46. The Balaban J connectivity index is 2.46. The third-order valence-electron chi connectivity index (χ3n) is 2.15. The predicted octanol–water partition coefficient (Wildman–Crippen LogP) is -0.265. The summed E-state index contributed by atoms with van der Waals surface area (Å²) < 4.78 is 1.43. The zero-order chi connectivity index (χ0) is 11.7. The van der Waals surface area contributed by atoms with Crippen LogP contribution in [0.15, 0.2) is 12.5 Å². The van der Waals surface area contributed by atoms with Gasteiger partial charge in [0.2, 0.25) is 0 Å². The molecule has 0 saturated carbocycles. The Morgan fingerprint density at radius 2 is 2.50 bits per heavy atom. The molecule has 2 heterocycles. The van der Waals surface area contributed by atoms with Crippen LogP contribution < -0.4 is 11.4 Å². The summed E-state index contributed by atoms with van der Waals surface area (Å²) in [5, 5.41) is 11.8. The van der Waals surface area contributed by atoms with E-state index in [0.717, 1.165) is 5.12 Å². The highest BCUT2D eigenvalue weighted by Gasteiger charge is 2.27. The molecule has 0 radical (unpaired) electrons. The minimum Gasteiger partial charge on any atom is -0.393 e. The number of hydrazine groups is 2. The van der Waals surface area contributed by atoms with Gasteiger partial charge in [-0.25, -0.2) is 20.5 Å². The zero-order valence-electron chi connectivity index (χ0n) is 8.45. The van der Waals surface area contributed by atoms with Gasteiger partial charge in [0.05, 0.1) is 6.54 Å². The molecule has 1 aromatic rings. The molecule has 1 aliphatic rings. The number of aromatic nitrogens is 2. The molecule has 86 valence electrons. The van der Waals surface area contributed by atoms with E-state index in [-0.39, 0.29) is 5.82 Å². The first-order valence-electron chi connectivity index (χ1n) is 4.51. The van der Waals surface area contributed by atoms with Crippen molar-refractivity contribution in [1.82, 2.24) is 20.3 Å². The molecule has 16 heavy (non-hydrogen) atoms. The van der Waals surface area contributed by atoms with E-state index >= 15 is 0 Å². The number of nitrogens with one attached hydrogen (secondary N) is 1. The molecule has 0 fully saturated rings. The largest absolute Gasteiger partial charge is 0.393 e. The first kappa shape index (κ1) is 10.4. The van der Waals surface area contributed by atoms with Crippen molar-refractivity contribution < 1.29 is 9.76 Å². The van der Waals surface area contributed by atoms with E-state index in [0.29, 0.717) is 18.1 Å². The van der Waals surface area contributed by atoms with Gasteiger partial charge in [-0.1, -0.05) is 5.59 Å². The SMILES string of the molecule is CCn1c([N+](=O)[O-])cnc1C1=CONN1N. The highest BCUT2D eigenvalue weighted by atomic mass is 16.7. The summed E-state index contributed by atoms with van der Waals surface area (Å²) in [7, 11) is 0. The van der Waals surface area contributed by atoms with Crippen LogP contribution in [0.4, 0.5) is 5.82 Å². The lowest BCUT2D eigenvalue weighted by Gasteiger charge is -2.10. The van der Waals surface area contributed by atoms with Gasteiger partial charge in [0.25, 0.3) is 5.82 Å². The average Bonchev–Trinajstić information content (AvgIpc) is 2.82. The van der Waals surface area contributed by atoms with E-state index in [1.54, 1.807) is 6.92 Å². The molecule has 1 aromatic heterocycles. The standard InChI is InChI=1S/C7H10N6O3/c1-2-11-6(13(14)15)3-9-7(11)5-4-16-10-12(5)8/h3-4,10H,2,8H2,1H3. The zero-order valence-corrected chi connectivity index (χ0v) is 8.45. The molecule has 0 bridgehead atoms. The number of nitro groups is 1. The van der Waals surface area contributed by atoms with E-state index in [1.165, 1.54) is 17.0 Å². The monoisotopic (exact) mass is 226 g/mol. The van der Waals surface area contributed by atoms with Crippen LogP contribution in [0.25, 0.3) is 5.70 Å². The van der Waals surface area contributed by atoms with Crippen molar-refractivity contribution in [3.63, 3.8) is 0 Å². The van der Waals surface area contributed by atoms with Gasteiger partial charge in [-0.2, -0.15) is 0 Å². The van der Waals surface area contributed by atoms with Crippen molar-refractivity contribution >= 4 is 11.5 Å². The van der Waals surface area contributed by atoms with Crippen LogP contribution >= 0.6 is 0 Å². The van der Waals surface area contributed by atoms with E-state index in [4.69, 9.17) is 10.7 Å². The fraction of sp³-hybridized carbons (Fsp3) is 0.286. The molecule has 0 aliphatic carbocycles. The lowest BCUT2D eigenvalue weighted by molar-refractivity contribution is -0.392. The van der Waals surface area contributed by atoms with E-state index < -0.39 is 4.92 Å². The molecule has 9 nitrogen and oxygen atoms in total.